The van der Waals surface area contributed by atoms with Crippen molar-refractivity contribution in [1.82, 2.24) is 5.32 Å². The number of thiocarbonyl (C=S) groups is 1. The molecular formula is C20H15ClN2OS. The second-order valence-electron chi connectivity index (χ2n) is 6.03. The monoisotopic (exact) mass is 366 g/mol. The zero-order valence-electron chi connectivity index (χ0n) is 13.3. The standard InChI is InChI=1S/C20H15ClN2OS/c21-15-5-1-4-14(11-15)19(24)23-20(25)22-17-10-9-13-8-7-12-3-2-6-16(17)18(12)13/h1-6,9-11H,7-8H2,(H2,22,23,24,25). The lowest BCUT2D eigenvalue weighted by molar-refractivity contribution is 0.0977. The Hall–Kier alpha value is -2.43. The number of carbonyl (C=O) groups is 1. The van der Waals surface area contributed by atoms with Gasteiger partial charge in [0.15, 0.2) is 5.11 Å². The highest BCUT2D eigenvalue weighted by atomic mass is 35.5. The third-order valence-electron chi connectivity index (χ3n) is 4.44. The summed E-state index contributed by atoms with van der Waals surface area (Å²) in [6.45, 7) is 0. The summed E-state index contributed by atoms with van der Waals surface area (Å²) < 4.78 is 0. The summed E-state index contributed by atoms with van der Waals surface area (Å²) in [7, 11) is 0. The Morgan fingerprint density at radius 1 is 1.00 bits per heavy atom. The molecule has 0 fully saturated rings. The summed E-state index contributed by atoms with van der Waals surface area (Å²) in [6, 6.07) is 17.2. The van der Waals surface area contributed by atoms with Gasteiger partial charge in [-0.2, -0.15) is 0 Å². The van der Waals surface area contributed by atoms with Crippen molar-refractivity contribution < 1.29 is 4.79 Å². The van der Waals surface area contributed by atoms with Crippen LogP contribution in [0.15, 0.2) is 54.6 Å². The fourth-order valence-corrected chi connectivity index (χ4v) is 3.71. The van der Waals surface area contributed by atoms with Gasteiger partial charge in [0.05, 0.1) is 0 Å². The molecule has 0 radical (unpaired) electrons. The lowest BCUT2D eigenvalue weighted by atomic mass is 10.0. The van der Waals surface area contributed by atoms with E-state index in [1.54, 1.807) is 24.3 Å². The second-order valence-corrected chi connectivity index (χ2v) is 6.88. The lowest BCUT2D eigenvalue weighted by Gasteiger charge is -2.13. The largest absolute Gasteiger partial charge is 0.332 e. The Balaban J connectivity index is 1.56. The van der Waals surface area contributed by atoms with Crippen LogP contribution in [0, 0.1) is 0 Å². The molecule has 5 heteroatoms. The highest BCUT2D eigenvalue weighted by Crippen LogP contribution is 2.34. The molecule has 124 valence electrons. The fraction of sp³-hybridized carbons (Fsp3) is 0.100. The topological polar surface area (TPSA) is 41.1 Å². The van der Waals surface area contributed by atoms with E-state index in [0.717, 1.165) is 23.9 Å². The van der Waals surface area contributed by atoms with Crippen molar-refractivity contribution in [2.45, 2.75) is 12.8 Å². The van der Waals surface area contributed by atoms with Crippen molar-refractivity contribution in [3.05, 3.63) is 76.3 Å². The first kappa shape index (κ1) is 16.1. The van der Waals surface area contributed by atoms with Crippen LogP contribution in [0.1, 0.15) is 21.5 Å². The van der Waals surface area contributed by atoms with E-state index in [1.165, 1.54) is 16.5 Å². The van der Waals surface area contributed by atoms with Crippen LogP contribution in [-0.4, -0.2) is 11.0 Å². The summed E-state index contributed by atoms with van der Waals surface area (Å²) >= 11 is 11.2. The van der Waals surface area contributed by atoms with Crippen molar-refractivity contribution in [1.29, 1.82) is 0 Å². The Labute approximate surface area is 156 Å². The van der Waals surface area contributed by atoms with E-state index < -0.39 is 0 Å². The summed E-state index contributed by atoms with van der Waals surface area (Å²) in [4.78, 5) is 12.3. The molecule has 3 nitrogen and oxygen atoms in total. The van der Waals surface area contributed by atoms with Gasteiger partial charge in [-0.25, -0.2) is 0 Å². The molecule has 25 heavy (non-hydrogen) atoms. The number of nitrogens with one attached hydrogen (secondary N) is 2. The van der Waals surface area contributed by atoms with Crippen LogP contribution in [-0.2, 0) is 12.8 Å². The number of aryl methyl sites for hydroxylation is 2. The minimum Gasteiger partial charge on any atom is -0.332 e. The van der Waals surface area contributed by atoms with Gasteiger partial charge in [0, 0.05) is 21.7 Å². The molecule has 2 N–H and O–H groups in total. The Morgan fingerprint density at radius 2 is 1.76 bits per heavy atom. The molecule has 1 aliphatic carbocycles. The molecule has 0 aliphatic heterocycles. The number of hydrogen-bond donors (Lipinski definition) is 2. The van der Waals surface area contributed by atoms with Crippen LogP contribution in [0.25, 0.3) is 10.8 Å². The second kappa shape index (κ2) is 6.47. The number of amides is 1. The first-order chi connectivity index (χ1) is 12.1. The number of rotatable bonds is 2. The third-order valence-corrected chi connectivity index (χ3v) is 4.88. The molecule has 0 atom stereocenters. The number of hydrogen-bond acceptors (Lipinski definition) is 2. The summed E-state index contributed by atoms with van der Waals surface area (Å²) in [5.41, 5.74) is 4.10. The van der Waals surface area contributed by atoms with Gasteiger partial charge in [-0.05, 0) is 65.8 Å². The first-order valence-corrected chi connectivity index (χ1v) is 8.82. The van der Waals surface area contributed by atoms with E-state index in [1.807, 2.05) is 6.07 Å². The maximum absolute atomic E-state index is 12.3. The van der Waals surface area contributed by atoms with Crippen LogP contribution >= 0.6 is 23.8 Å². The van der Waals surface area contributed by atoms with Crippen molar-refractivity contribution in [2.75, 3.05) is 5.32 Å². The third kappa shape index (κ3) is 3.11. The molecule has 0 spiro atoms. The van der Waals surface area contributed by atoms with E-state index in [-0.39, 0.29) is 11.0 Å². The van der Waals surface area contributed by atoms with Crippen molar-refractivity contribution in [3.8, 4) is 0 Å². The van der Waals surface area contributed by atoms with Crippen LogP contribution in [0.3, 0.4) is 0 Å². The van der Waals surface area contributed by atoms with Crippen LogP contribution in [0.5, 0.6) is 0 Å². The molecule has 0 bridgehead atoms. The van der Waals surface area contributed by atoms with Gasteiger partial charge in [-0.3, -0.25) is 10.1 Å². The highest BCUT2D eigenvalue weighted by molar-refractivity contribution is 7.80. The van der Waals surface area contributed by atoms with E-state index in [0.29, 0.717) is 10.6 Å². The van der Waals surface area contributed by atoms with Gasteiger partial charge >= 0.3 is 0 Å². The predicted octanol–water partition coefficient (Wildman–Crippen LogP) is 4.72. The average Bonchev–Trinajstić information content (AvgIpc) is 3.02. The minimum atomic E-state index is -0.286. The first-order valence-electron chi connectivity index (χ1n) is 8.03. The summed E-state index contributed by atoms with van der Waals surface area (Å²) in [6.07, 6.45) is 2.15. The fourth-order valence-electron chi connectivity index (χ4n) is 3.31. The SMILES string of the molecule is O=C(NC(=S)Nc1ccc2c3c(cccc13)CC2)c1cccc(Cl)c1. The van der Waals surface area contributed by atoms with E-state index in [2.05, 4.69) is 34.9 Å². The maximum atomic E-state index is 12.3. The van der Waals surface area contributed by atoms with Gasteiger partial charge in [0.25, 0.3) is 5.91 Å². The van der Waals surface area contributed by atoms with Gasteiger partial charge in [0.1, 0.15) is 0 Å². The molecular weight excluding hydrogens is 352 g/mol. The maximum Gasteiger partial charge on any atom is 0.257 e. The van der Waals surface area contributed by atoms with Gasteiger partial charge in [-0.15, -0.1) is 0 Å². The molecule has 1 amide bonds. The molecule has 0 unspecified atom stereocenters. The smallest absolute Gasteiger partial charge is 0.257 e. The molecule has 4 rings (SSSR count). The lowest BCUT2D eigenvalue weighted by Crippen LogP contribution is -2.34. The van der Waals surface area contributed by atoms with Gasteiger partial charge < -0.3 is 5.32 Å². The molecule has 0 saturated carbocycles. The highest BCUT2D eigenvalue weighted by Gasteiger charge is 2.16. The molecule has 0 heterocycles. The summed E-state index contributed by atoms with van der Waals surface area (Å²) in [5.74, 6) is -0.286. The quantitative estimate of drug-likeness (QED) is 0.645. The number of carbonyl (C=O) groups excluding carboxylic acids is 1. The van der Waals surface area contributed by atoms with Crippen molar-refractivity contribution in [2.24, 2.45) is 0 Å². The van der Waals surface area contributed by atoms with E-state index in [9.17, 15) is 4.79 Å². The van der Waals surface area contributed by atoms with Crippen LogP contribution in [0.2, 0.25) is 5.02 Å². The number of benzene rings is 3. The Bertz CT molecular complexity index is 1010. The molecule has 3 aromatic carbocycles. The predicted molar refractivity (Wildman–Crippen MR) is 106 cm³/mol. The molecule has 3 aromatic rings. The van der Waals surface area contributed by atoms with E-state index >= 15 is 0 Å². The Morgan fingerprint density at radius 3 is 2.56 bits per heavy atom. The zero-order valence-corrected chi connectivity index (χ0v) is 14.9. The molecule has 0 aromatic heterocycles. The van der Waals surface area contributed by atoms with Crippen molar-refractivity contribution >= 4 is 51.3 Å². The zero-order chi connectivity index (χ0) is 17.4. The molecule has 1 aliphatic rings. The Kier molecular flexibility index (Phi) is 4.15. The average molecular weight is 367 g/mol. The summed E-state index contributed by atoms with van der Waals surface area (Å²) in [5, 5.41) is 9.07. The minimum absolute atomic E-state index is 0.267. The number of halogens is 1. The normalized spacial score (nSPS) is 12.2. The van der Waals surface area contributed by atoms with Crippen LogP contribution < -0.4 is 10.6 Å². The van der Waals surface area contributed by atoms with Crippen molar-refractivity contribution in [3.63, 3.8) is 0 Å². The van der Waals surface area contributed by atoms with Gasteiger partial charge in [0.2, 0.25) is 0 Å². The van der Waals surface area contributed by atoms with Gasteiger partial charge in [-0.1, -0.05) is 41.9 Å². The van der Waals surface area contributed by atoms with Crippen LogP contribution in [0.4, 0.5) is 5.69 Å². The molecule has 0 saturated heterocycles. The van der Waals surface area contributed by atoms with E-state index in [4.69, 9.17) is 23.8 Å². The number of anilines is 1.